The number of rotatable bonds is 3. The van der Waals surface area contributed by atoms with Crippen LogP contribution in [0.15, 0.2) is 103 Å². The zero-order chi connectivity index (χ0) is 45.8. The molecule has 3 heteroatoms. The lowest BCUT2D eigenvalue weighted by Gasteiger charge is -2.47. The van der Waals surface area contributed by atoms with Gasteiger partial charge >= 0.3 is 0 Å². The van der Waals surface area contributed by atoms with Crippen LogP contribution in [0.25, 0.3) is 11.1 Å². The van der Waals surface area contributed by atoms with Gasteiger partial charge in [-0.15, -0.1) is 0 Å². The summed E-state index contributed by atoms with van der Waals surface area (Å²) in [6.45, 7) is 38.7. The van der Waals surface area contributed by atoms with Crippen LogP contribution in [-0.2, 0) is 32.5 Å². The second-order valence-electron chi connectivity index (χ2n) is 25.0. The van der Waals surface area contributed by atoms with Crippen molar-refractivity contribution in [2.75, 3.05) is 9.80 Å². The largest absolute Gasteiger partial charge is 0.311 e. The van der Waals surface area contributed by atoms with Crippen molar-refractivity contribution in [3.63, 3.8) is 0 Å². The average molecular weight is 843 g/mol. The number of benzene rings is 6. The number of hydrogen-bond acceptors (Lipinski definition) is 2. The predicted octanol–water partition coefficient (Wildman–Crippen LogP) is 15.0. The molecule has 0 N–H and O–H groups in total. The van der Waals surface area contributed by atoms with Gasteiger partial charge in [0.1, 0.15) is 0 Å². The van der Waals surface area contributed by atoms with Crippen molar-refractivity contribution in [1.82, 2.24) is 0 Å². The lowest BCUT2D eigenvalue weighted by molar-refractivity contribution is 0.332. The van der Waals surface area contributed by atoms with Crippen molar-refractivity contribution < 1.29 is 0 Å². The summed E-state index contributed by atoms with van der Waals surface area (Å²) in [4.78, 5) is 5.39. The fraction of sp³-hybridized carbons (Fsp3) is 0.410. The third-order valence-corrected chi connectivity index (χ3v) is 16.2. The number of aryl methyl sites for hydroxylation is 2. The molecule has 0 radical (unpaired) electrons. The third kappa shape index (κ3) is 6.48. The maximum Gasteiger partial charge on any atom is 0.252 e. The molecule has 2 aliphatic heterocycles. The zero-order valence-corrected chi connectivity index (χ0v) is 41.9. The van der Waals surface area contributed by atoms with Crippen LogP contribution in [0.1, 0.15) is 161 Å². The molecule has 0 saturated heterocycles. The summed E-state index contributed by atoms with van der Waals surface area (Å²) >= 11 is 0. The SMILES string of the molecule is Cc1cc(C(C)(C)C)ccc1N1c2ccc(-c3ccccc3)cc2B2c3cc4c(cc3N(c3cc5c(cc3C)C(C)(C)CCC5(C)C)c3cc(C(C)(C)C)cc1c32)C(C)(C)CC4(C)C. The van der Waals surface area contributed by atoms with Crippen LogP contribution in [0, 0.1) is 13.8 Å². The van der Waals surface area contributed by atoms with Crippen molar-refractivity contribution in [1.29, 1.82) is 0 Å². The van der Waals surface area contributed by atoms with Crippen LogP contribution in [0.3, 0.4) is 0 Å². The zero-order valence-electron chi connectivity index (χ0n) is 41.9. The molecule has 64 heavy (non-hydrogen) atoms. The predicted molar refractivity (Wildman–Crippen MR) is 279 cm³/mol. The van der Waals surface area contributed by atoms with E-state index in [4.69, 9.17) is 0 Å². The summed E-state index contributed by atoms with van der Waals surface area (Å²) < 4.78 is 0. The Morgan fingerprint density at radius 2 is 0.922 bits per heavy atom. The fourth-order valence-corrected chi connectivity index (χ4v) is 12.5. The molecule has 0 unspecified atom stereocenters. The molecular weight excluding hydrogens is 771 g/mol. The second-order valence-corrected chi connectivity index (χ2v) is 25.0. The summed E-state index contributed by atoms with van der Waals surface area (Å²) in [5, 5.41) is 0. The molecule has 0 aromatic heterocycles. The minimum Gasteiger partial charge on any atom is -0.311 e. The Morgan fingerprint density at radius 1 is 0.422 bits per heavy atom. The highest BCUT2D eigenvalue weighted by atomic mass is 15.2. The van der Waals surface area contributed by atoms with Gasteiger partial charge in [-0.3, -0.25) is 0 Å². The van der Waals surface area contributed by atoms with Gasteiger partial charge in [0.2, 0.25) is 0 Å². The quantitative estimate of drug-likeness (QED) is 0.164. The summed E-state index contributed by atoms with van der Waals surface area (Å²) in [7, 11) is 0. The monoisotopic (exact) mass is 843 g/mol. The first-order valence-corrected chi connectivity index (χ1v) is 24.2. The molecule has 0 atom stereocenters. The van der Waals surface area contributed by atoms with E-state index in [1.54, 1.807) is 0 Å². The first kappa shape index (κ1) is 42.9. The molecule has 328 valence electrons. The van der Waals surface area contributed by atoms with Gasteiger partial charge in [0.15, 0.2) is 0 Å². The van der Waals surface area contributed by atoms with Gasteiger partial charge < -0.3 is 9.80 Å². The van der Waals surface area contributed by atoms with E-state index in [0.717, 1.165) is 6.42 Å². The average Bonchev–Trinajstić information content (AvgIpc) is 3.40. The molecule has 0 spiro atoms. The Morgan fingerprint density at radius 3 is 1.52 bits per heavy atom. The molecule has 4 aliphatic rings. The highest BCUT2D eigenvalue weighted by Crippen LogP contribution is 2.55. The minimum absolute atomic E-state index is 0.0347. The molecule has 2 heterocycles. The Hall–Kier alpha value is -5.02. The lowest BCUT2D eigenvalue weighted by atomic mass is 9.33. The summed E-state index contributed by atoms with van der Waals surface area (Å²) in [6.07, 6.45) is 3.51. The van der Waals surface area contributed by atoms with Crippen LogP contribution in [0.2, 0.25) is 0 Å². The molecule has 2 nitrogen and oxygen atoms in total. The topological polar surface area (TPSA) is 6.48 Å². The van der Waals surface area contributed by atoms with E-state index < -0.39 is 0 Å². The van der Waals surface area contributed by atoms with Crippen LogP contribution in [0.4, 0.5) is 34.1 Å². The van der Waals surface area contributed by atoms with E-state index in [1.807, 2.05) is 0 Å². The van der Waals surface area contributed by atoms with Gasteiger partial charge in [0, 0.05) is 34.1 Å². The normalized spacial score (nSPS) is 18.5. The molecular formula is C61H71BN2. The Bertz CT molecular complexity index is 2910. The molecule has 0 bridgehead atoms. The van der Waals surface area contributed by atoms with Gasteiger partial charge in [0.25, 0.3) is 6.71 Å². The second kappa shape index (κ2) is 13.8. The molecule has 6 aromatic carbocycles. The maximum absolute atomic E-state index is 2.74. The van der Waals surface area contributed by atoms with Crippen molar-refractivity contribution in [3.8, 4) is 11.1 Å². The highest BCUT2D eigenvalue weighted by Gasteiger charge is 2.49. The Balaban J connectivity index is 1.36. The van der Waals surface area contributed by atoms with Gasteiger partial charge in [0.05, 0.1) is 0 Å². The molecule has 0 amide bonds. The van der Waals surface area contributed by atoms with E-state index in [9.17, 15) is 0 Å². The Labute approximate surface area is 386 Å². The van der Waals surface area contributed by atoms with Crippen molar-refractivity contribution in [2.24, 2.45) is 0 Å². The van der Waals surface area contributed by atoms with Gasteiger partial charge in [-0.1, -0.05) is 164 Å². The van der Waals surface area contributed by atoms with Gasteiger partial charge in [-0.05, 0) is 174 Å². The number of fused-ring (bicyclic) bond motifs is 6. The number of nitrogens with zero attached hydrogens (tertiary/aromatic N) is 2. The lowest BCUT2D eigenvalue weighted by Crippen LogP contribution is -2.61. The van der Waals surface area contributed by atoms with Crippen LogP contribution >= 0.6 is 0 Å². The standard InChI is InChI=1S/C61H71BN2/c1-37-28-41(56(3,4)5)23-25-49(37)63-50-24-22-40(39-20-18-17-19-21-39)30-47(50)62-48-33-44-46(61(15,16)36-60(44,13)14)35-52(48)64(54-32-42(57(6,7)8)31-53(63)55(54)62)51-34-45-43(29-38(51)2)58(9,10)26-27-59(45,11)12/h17-25,28-35H,26-27,36H2,1-16H3. The fourth-order valence-electron chi connectivity index (χ4n) is 12.5. The van der Waals surface area contributed by atoms with E-state index >= 15 is 0 Å². The first-order chi connectivity index (χ1) is 29.8. The maximum atomic E-state index is 2.74. The van der Waals surface area contributed by atoms with Crippen molar-refractivity contribution >= 4 is 57.2 Å². The summed E-state index contributed by atoms with van der Waals surface area (Å²) in [5.74, 6) is 0. The molecule has 6 aromatic rings. The molecule has 10 rings (SSSR count). The smallest absolute Gasteiger partial charge is 0.252 e. The Kier molecular flexibility index (Phi) is 9.22. The number of anilines is 6. The van der Waals surface area contributed by atoms with E-state index in [0.29, 0.717) is 0 Å². The van der Waals surface area contributed by atoms with E-state index in [2.05, 4.69) is 224 Å². The molecule has 2 aliphatic carbocycles. The number of hydrogen-bond donors (Lipinski definition) is 0. The summed E-state index contributed by atoms with van der Waals surface area (Å²) in [5.41, 5.74) is 26.1. The van der Waals surface area contributed by atoms with Crippen LogP contribution < -0.4 is 26.2 Å². The third-order valence-electron chi connectivity index (χ3n) is 16.2. The van der Waals surface area contributed by atoms with E-state index in [-0.39, 0.29) is 39.2 Å². The minimum atomic E-state index is -0.0952. The van der Waals surface area contributed by atoms with Crippen LogP contribution in [-0.4, -0.2) is 6.71 Å². The molecule has 0 fully saturated rings. The highest BCUT2D eigenvalue weighted by molar-refractivity contribution is 7.00. The molecule has 0 saturated carbocycles. The first-order valence-electron chi connectivity index (χ1n) is 24.2. The van der Waals surface area contributed by atoms with Crippen LogP contribution in [0.5, 0.6) is 0 Å². The van der Waals surface area contributed by atoms with Gasteiger partial charge in [-0.2, -0.15) is 0 Å². The van der Waals surface area contributed by atoms with Crippen molar-refractivity contribution in [2.45, 2.75) is 163 Å². The van der Waals surface area contributed by atoms with E-state index in [1.165, 1.54) is 119 Å². The van der Waals surface area contributed by atoms with Crippen molar-refractivity contribution in [3.05, 3.63) is 148 Å². The summed E-state index contributed by atoms with van der Waals surface area (Å²) in [6, 6.07) is 41.3. The van der Waals surface area contributed by atoms with Gasteiger partial charge in [-0.25, -0.2) is 0 Å².